The summed E-state index contributed by atoms with van der Waals surface area (Å²) in [6.45, 7) is -0.381. The molecule has 2 rings (SSSR count). The van der Waals surface area contributed by atoms with Gasteiger partial charge in [-0.3, -0.25) is 9.59 Å². The minimum Gasteiger partial charge on any atom is -0.495 e. The summed E-state index contributed by atoms with van der Waals surface area (Å²) in [6, 6.07) is 4.70. The Hall–Kier alpha value is -2.67. The Labute approximate surface area is 120 Å². The molecule has 1 aliphatic heterocycles. The van der Waals surface area contributed by atoms with Gasteiger partial charge in [-0.2, -0.15) is 0 Å². The molecular weight excluding hydrogens is 278 g/mol. The lowest BCUT2D eigenvalue weighted by Gasteiger charge is -2.26. The largest absolute Gasteiger partial charge is 0.495 e. The lowest BCUT2D eigenvalue weighted by molar-refractivity contribution is -0.138. The Morgan fingerprint density at radius 3 is 2.57 bits per heavy atom. The number of carbonyl (C=O) groups excluding carboxylic acids is 2. The number of carboxylic acids is 1. The molecule has 1 N–H and O–H groups in total. The molecule has 1 aromatic carbocycles. The average molecular weight is 291 g/mol. The van der Waals surface area contributed by atoms with Crippen LogP contribution in [0.2, 0.25) is 0 Å². The maximum absolute atomic E-state index is 11.9. The summed E-state index contributed by atoms with van der Waals surface area (Å²) in [5.74, 6) is -1.75. The zero-order valence-electron chi connectivity index (χ0n) is 11.2. The highest BCUT2D eigenvalue weighted by Gasteiger charge is 2.30. The van der Waals surface area contributed by atoms with E-state index >= 15 is 0 Å². The number of imide groups is 1. The molecule has 0 aliphatic carbocycles. The zero-order chi connectivity index (χ0) is 15.4. The van der Waals surface area contributed by atoms with Crippen LogP contribution >= 0.6 is 0 Å². The van der Waals surface area contributed by atoms with Gasteiger partial charge in [0.1, 0.15) is 19.0 Å². The van der Waals surface area contributed by atoms with Crippen LogP contribution in [0.25, 0.3) is 6.08 Å². The molecule has 7 heteroatoms. The van der Waals surface area contributed by atoms with Gasteiger partial charge in [-0.1, -0.05) is 6.07 Å². The molecule has 110 valence electrons. The quantitative estimate of drug-likeness (QED) is 0.648. The molecule has 0 bridgehead atoms. The smallest absolute Gasteiger partial charge is 0.328 e. The summed E-state index contributed by atoms with van der Waals surface area (Å²) in [4.78, 5) is 35.3. The summed E-state index contributed by atoms with van der Waals surface area (Å²) < 4.78 is 10.0. The first kappa shape index (κ1) is 14.7. The second-order valence-corrected chi connectivity index (χ2v) is 4.22. The summed E-state index contributed by atoms with van der Waals surface area (Å²) >= 11 is 0. The molecule has 1 heterocycles. The molecule has 7 nitrogen and oxygen atoms in total. The number of carboxylic acid groups (broad SMARTS) is 1. The third-order valence-electron chi connectivity index (χ3n) is 2.81. The van der Waals surface area contributed by atoms with Gasteiger partial charge < -0.3 is 14.6 Å². The standard InChI is InChI=1S/C14H13NO6/c1-20-11-4-2-9(3-5-14(18)19)6-10(11)15-12(16)7-21-8-13(15)17/h2-6H,7-8H2,1H3,(H,18,19). The first-order valence-electron chi connectivity index (χ1n) is 6.05. The van der Waals surface area contributed by atoms with Crippen LogP contribution in [-0.2, 0) is 19.1 Å². The first-order chi connectivity index (χ1) is 10.0. The Bertz CT molecular complexity index is 606. The Morgan fingerprint density at radius 1 is 1.33 bits per heavy atom. The van der Waals surface area contributed by atoms with E-state index < -0.39 is 17.8 Å². The highest BCUT2D eigenvalue weighted by atomic mass is 16.5. The van der Waals surface area contributed by atoms with Crippen molar-refractivity contribution in [3.63, 3.8) is 0 Å². The van der Waals surface area contributed by atoms with Crippen LogP contribution in [0.15, 0.2) is 24.3 Å². The van der Waals surface area contributed by atoms with Crippen LogP contribution < -0.4 is 9.64 Å². The lowest BCUT2D eigenvalue weighted by Crippen LogP contribution is -2.46. The molecule has 2 amide bonds. The number of hydrogen-bond donors (Lipinski definition) is 1. The second kappa shape index (κ2) is 6.19. The molecule has 1 saturated heterocycles. The van der Waals surface area contributed by atoms with Gasteiger partial charge in [0.05, 0.1) is 12.8 Å². The van der Waals surface area contributed by atoms with Gasteiger partial charge in [0.2, 0.25) is 0 Å². The van der Waals surface area contributed by atoms with Gasteiger partial charge in [-0.15, -0.1) is 0 Å². The number of aliphatic carboxylic acids is 1. The molecule has 0 unspecified atom stereocenters. The highest BCUT2D eigenvalue weighted by Crippen LogP contribution is 2.31. The van der Waals surface area contributed by atoms with Crippen LogP contribution in [0, 0.1) is 0 Å². The molecule has 1 aromatic rings. The number of morpholine rings is 1. The van der Waals surface area contributed by atoms with Crippen molar-refractivity contribution in [1.29, 1.82) is 0 Å². The highest BCUT2D eigenvalue weighted by molar-refractivity contribution is 6.17. The van der Waals surface area contributed by atoms with E-state index in [9.17, 15) is 14.4 Å². The van der Waals surface area contributed by atoms with E-state index in [1.165, 1.54) is 19.3 Å². The number of hydrogen-bond acceptors (Lipinski definition) is 5. The predicted molar refractivity (Wildman–Crippen MR) is 73.0 cm³/mol. The normalized spacial score (nSPS) is 15.6. The van der Waals surface area contributed by atoms with E-state index in [1.54, 1.807) is 12.1 Å². The molecule has 1 fully saturated rings. The fourth-order valence-electron chi connectivity index (χ4n) is 1.92. The van der Waals surface area contributed by atoms with Crippen LogP contribution in [0.1, 0.15) is 5.56 Å². The van der Waals surface area contributed by atoms with Crippen molar-refractivity contribution in [2.24, 2.45) is 0 Å². The maximum atomic E-state index is 11.9. The lowest BCUT2D eigenvalue weighted by atomic mass is 10.1. The van der Waals surface area contributed by atoms with E-state index in [0.29, 0.717) is 11.3 Å². The van der Waals surface area contributed by atoms with E-state index in [1.807, 2.05) is 0 Å². The van der Waals surface area contributed by atoms with Crippen LogP contribution in [0.5, 0.6) is 5.75 Å². The molecule has 0 aromatic heterocycles. The van der Waals surface area contributed by atoms with E-state index in [2.05, 4.69) is 0 Å². The number of benzene rings is 1. The average Bonchev–Trinajstić information content (AvgIpc) is 2.45. The maximum Gasteiger partial charge on any atom is 0.328 e. The summed E-state index contributed by atoms with van der Waals surface area (Å²) in [7, 11) is 1.42. The summed E-state index contributed by atoms with van der Waals surface area (Å²) in [5, 5.41) is 8.63. The van der Waals surface area contributed by atoms with Crippen LogP contribution in [-0.4, -0.2) is 43.2 Å². The van der Waals surface area contributed by atoms with Crippen LogP contribution in [0.3, 0.4) is 0 Å². The molecule has 21 heavy (non-hydrogen) atoms. The van der Waals surface area contributed by atoms with Crippen molar-refractivity contribution in [2.75, 3.05) is 25.2 Å². The molecule has 0 spiro atoms. The van der Waals surface area contributed by atoms with Crippen molar-refractivity contribution >= 4 is 29.5 Å². The van der Waals surface area contributed by atoms with Crippen molar-refractivity contribution in [3.05, 3.63) is 29.8 Å². The van der Waals surface area contributed by atoms with E-state index in [0.717, 1.165) is 11.0 Å². The van der Waals surface area contributed by atoms with Crippen molar-refractivity contribution in [3.8, 4) is 5.75 Å². The minimum atomic E-state index is -1.09. The number of amides is 2. The fraction of sp³-hybridized carbons (Fsp3) is 0.214. The summed E-state index contributed by atoms with van der Waals surface area (Å²) in [5.41, 5.74) is 0.795. The first-order valence-corrected chi connectivity index (χ1v) is 6.05. The number of nitrogens with zero attached hydrogens (tertiary/aromatic N) is 1. The predicted octanol–water partition coefficient (Wildman–Crippen LogP) is 0.683. The molecule has 0 atom stereocenters. The Balaban J connectivity index is 2.44. The summed E-state index contributed by atoms with van der Waals surface area (Å²) in [6.07, 6.45) is 2.33. The number of methoxy groups -OCH3 is 1. The SMILES string of the molecule is COc1ccc(C=CC(=O)O)cc1N1C(=O)COCC1=O. The van der Waals surface area contributed by atoms with Gasteiger partial charge in [-0.25, -0.2) is 9.69 Å². The van der Waals surface area contributed by atoms with Crippen molar-refractivity contribution in [2.45, 2.75) is 0 Å². The van der Waals surface area contributed by atoms with Crippen LogP contribution in [0.4, 0.5) is 5.69 Å². The molecule has 0 saturated carbocycles. The number of carbonyl (C=O) groups is 3. The third kappa shape index (κ3) is 3.26. The number of anilines is 1. The molecule has 0 radical (unpaired) electrons. The number of rotatable bonds is 4. The Kier molecular flexibility index (Phi) is 4.34. The molecular formula is C14H13NO6. The van der Waals surface area contributed by atoms with Gasteiger partial charge in [0.25, 0.3) is 11.8 Å². The monoisotopic (exact) mass is 291 g/mol. The zero-order valence-corrected chi connectivity index (χ0v) is 11.2. The van der Waals surface area contributed by atoms with Gasteiger partial charge >= 0.3 is 5.97 Å². The van der Waals surface area contributed by atoms with Gasteiger partial charge in [0.15, 0.2) is 0 Å². The minimum absolute atomic E-state index is 0.190. The second-order valence-electron chi connectivity index (χ2n) is 4.22. The molecule has 1 aliphatic rings. The Morgan fingerprint density at radius 2 is 2.00 bits per heavy atom. The fourth-order valence-corrected chi connectivity index (χ4v) is 1.92. The van der Waals surface area contributed by atoms with Crippen molar-refractivity contribution < 1.29 is 29.0 Å². The van der Waals surface area contributed by atoms with Crippen molar-refractivity contribution in [1.82, 2.24) is 0 Å². The number of ether oxygens (including phenoxy) is 2. The third-order valence-corrected chi connectivity index (χ3v) is 2.81. The van der Waals surface area contributed by atoms with Gasteiger partial charge in [0, 0.05) is 6.08 Å². The van der Waals surface area contributed by atoms with E-state index in [4.69, 9.17) is 14.6 Å². The topological polar surface area (TPSA) is 93.1 Å². The van der Waals surface area contributed by atoms with Gasteiger partial charge in [-0.05, 0) is 23.8 Å². The van der Waals surface area contributed by atoms with E-state index in [-0.39, 0.29) is 18.9 Å².